The quantitative estimate of drug-likeness (QED) is 0.671. The second-order valence-corrected chi connectivity index (χ2v) is 5.08. The summed E-state index contributed by atoms with van der Waals surface area (Å²) in [6, 6.07) is 7.05. The molecule has 128 valence electrons. The van der Waals surface area contributed by atoms with Gasteiger partial charge in [-0.1, -0.05) is 25.1 Å². The fourth-order valence-corrected chi connectivity index (χ4v) is 2.25. The average Bonchev–Trinajstić information content (AvgIpc) is 2.53. The van der Waals surface area contributed by atoms with Crippen molar-refractivity contribution in [3.63, 3.8) is 0 Å². The molecule has 2 rings (SSSR count). The van der Waals surface area contributed by atoms with E-state index in [-0.39, 0.29) is 0 Å². The molecule has 4 nitrogen and oxygen atoms in total. The van der Waals surface area contributed by atoms with Crippen molar-refractivity contribution in [1.82, 2.24) is 4.98 Å². The lowest BCUT2D eigenvalue weighted by Crippen LogP contribution is -2.32. The molecule has 8 heteroatoms. The van der Waals surface area contributed by atoms with E-state index in [1.54, 1.807) is 12.1 Å². The van der Waals surface area contributed by atoms with E-state index in [1.165, 1.54) is 0 Å². The molecule has 1 amide bonds. The van der Waals surface area contributed by atoms with Gasteiger partial charge in [0.05, 0.1) is 6.54 Å². The molecule has 0 saturated carbocycles. The number of rotatable bonds is 5. The van der Waals surface area contributed by atoms with Crippen LogP contribution in [0.3, 0.4) is 0 Å². The Balaban J connectivity index is 2.18. The van der Waals surface area contributed by atoms with Crippen LogP contribution in [-0.2, 0) is 11.2 Å². The molecule has 0 aliphatic heterocycles. The number of anilines is 2. The minimum atomic E-state index is -1.77. The second-order valence-electron chi connectivity index (χ2n) is 5.08. The third-order valence-electron chi connectivity index (χ3n) is 3.41. The molecule has 0 unspecified atom stereocenters. The number of benzene rings is 1. The number of nitrogens with one attached hydrogen (secondary N) is 1. The normalized spacial score (nSPS) is 10.6. The standard InChI is InChI=1S/C16H15F4N3O/c1-3-9-6-4-5-7-10(9)21-11(24)8-23(2)14-12(17)15(19)22-16(20)13(14)18/h4-7H,3,8H2,1-2H3,(H,21,24). The minimum absolute atomic E-state index is 0.505. The van der Waals surface area contributed by atoms with E-state index in [2.05, 4.69) is 10.3 Å². The van der Waals surface area contributed by atoms with Gasteiger partial charge in [0, 0.05) is 12.7 Å². The van der Waals surface area contributed by atoms with Crippen LogP contribution in [0.4, 0.5) is 28.9 Å². The van der Waals surface area contributed by atoms with Crippen LogP contribution < -0.4 is 10.2 Å². The van der Waals surface area contributed by atoms with Crippen LogP contribution >= 0.6 is 0 Å². The SMILES string of the molecule is CCc1ccccc1NC(=O)CN(C)c1c(F)c(F)nc(F)c1F. The van der Waals surface area contributed by atoms with Crippen LogP contribution in [0.1, 0.15) is 12.5 Å². The van der Waals surface area contributed by atoms with Crippen molar-refractivity contribution in [2.75, 3.05) is 23.8 Å². The monoisotopic (exact) mass is 341 g/mol. The highest BCUT2D eigenvalue weighted by Crippen LogP contribution is 2.25. The first-order chi connectivity index (χ1) is 11.3. The number of aryl methyl sites for hydroxylation is 1. The van der Waals surface area contributed by atoms with E-state index < -0.39 is 41.7 Å². The van der Waals surface area contributed by atoms with E-state index in [0.717, 1.165) is 17.5 Å². The van der Waals surface area contributed by atoms with Gasteiger partial charge >= 0.3 is 0 Å². The first-order valence-electron chi connectivity index (χ1n) is 7.14. The molecular weight excluding hydrogens is 326 g/mol. The number of pyridine rings is 1. The lowest BCUT2D eigenvalue weighted by atomic mass is 10.1. The van der Waals surface area contributed by atoms with Crippen LogP contribution in [0.5, 0.6) is 0 Å². The van der Waals surface area contributed by atoms with Crippen LogP contribution in [0.25, 0.3) is 0 Å². The maximum absolute atomic E-state index is 13.7. The molecule has 0 radical (unpaired) electrons. The topological polar surface area (TPSA) is 45.2 Å². The van der Waals surface area contributed by atoms with E-state index in [0.29, 0.717) is 12.1 Å². The molecule has 1 aromatic carbocycles. The Labute approximate surface area is 136 Å². The Morgan fingerprint density at radius 2 is 1.71 bits per heavy atom. The predicted octanol–water partition coefficient (Wildman–Crippen LogP) is 3.28. The first-order valence-corrected chi connectivity index (χ1v) is 7.14. The molecule has 1 N–H and O–H groups in total. The molecule has 24 heavy (non-hydrogen) atoms. The van der Waals surface area contributed by atoms with Crippen molar-refractivity contribution < 1.29 is 22.4 Å². The summed E-state index contributed by atoms with van der Waals surface area (Å²) < 4.78 is 53.6. The minimum Gasteiger partial charge on any atom is -0.360 e. The van der Waals surface area contributed by atoms with Gasteiger partial charge in [-0.25, -0.2) is 0 Å². The Morgan fingerprint density at radius 1 is 1.12 bits per heavy atom. The van der Waals surface area contributed by atoms with Crippen LogP contribution in [-0.4, -0.2) is 24.5 Å². The summed E-state index contributed by atoms with van der Waals surface area (Å²) in [5, 5.41) is 2.60. The summed E-state index contributed by atoms with van der Waals surface area (Å²) in [5.41, 5.74) is 0.456. The molecule has 0 aliphatic carbocycles. The number of aromatic nitrogens is 1. The molecule has 0 saturated heterocycles. The number of amides is 1. The number of halogens is 4. The number of carbonyl (C=O) groups is 1. The summed E-state index contributed by atoms with van der Waals surface area (Å²) >= 11 is 0. The van der Waals surface area contributed by atoms with E-state index >= 15 is 0 Å². The van der Waals surface area contributed by atoms with Crippen molar-refractivity contribution in [2.45, 2.75) is 13.3 Å². The number of hydrogen-bond acceptors (Lipinski definition) is 3. The van der Waals surface area contributed by atoms with E-state index in [1.807, 2.05) is 19.1 Å². The Morgan fingerprint density at radius 3 is 2.29 bits per heavy atom. The second kappa shape index (κ2) is 7.29. The van der Waals surface area contributed by atoms with Crippen molar-refractivity contribution in [1.29, 1.82) is 0 Å². The fourth-order valence-electron chi connectivity index (χ4n) is 2.25. The van der Waals surface area contributed by atoms with Crippen molar-refractivity contribution in [3.05, 3.63) is 53.4 Å². The molecule has 1 aromatic heterocycles. The number of likely N-dealkylation sites (N-methyl/N-ethyl adjacent to an activating group) is 1. The zero-order valence-electron chi connectivity index (χ0n) is 13.0. The summed E-state index contributed by atoms with van der Waals surface area (Å²) in [5.74, 6) is -7.44. The van der Waals surface area contributed by atoms with Gasteiger partial charge in [0.15, 0.2) is 0 Å². The third kappa shape index (κ3) is 3.64. The highest BCUT2D eigenvalue weighted by Gasteiger charge is 2.24. The van der Waals surface area contributed by atoms with Crippen molar-refractivity contribution >= 4 is 17.3 Å². The van der Waals surface area contributed by atoms with Gasteiger partial charge in [-0.05, 0) is 18.1 Å². The average molecular weight is 341 g/mol. The third-order valence-corrected chi connectivity index (χ3v) is 3.41. The Hall–Kier alpha value is -2.64. The van der Waals surface area contributed by atoms with Crippen LogP contribution in [0.15, 0.2) is 24.3 Å². The number of para-hydroxylation sites is 1. The zero-order valence-corrected chi connectivity index (χ0v) is 13.0. The van der Waals surface area contributed by atoms with Crippen molar-refractivity contribution in [2.24, 2.45) is 0 Å². The van der Waals surface area contributed by atoms with E-state index in [4.69, 9.17) is 0 Å². The summed E-state index contributed by atoms with van der Waals surface area (Å²) in [7, 11) is 1.14. The van der Waals surface area contributed by atoms with Gasteiger partial charge in [0.1, 0.15) is 5.69 Å². The van der Waals surface area contributed by atoms with Gasteiger partial charge in [-0.2, -0.15) is 22.5 Å². The van der Waals surface area contributed by atoms with Gasteiger partial charge in [0.2, 0.25) is 17.5 Å². The molecule has 0 spiro atoms. The highest BCUT2D eigenvalue weighted by atomic mass is 19.2. The lowest BCUT2D eigenvalue weighted by Gasteiger charge is -2.20. The predicted molar refractivity (Wildman–Crippen MR) is 81.8 cm³/mol. The molecule has 0 fully saturated rings. The van der Waals surface area contributed by atoms with Gasteiger partial charge < -0.3 is 10.2 Å². The molecule has 1 heterocycles. The summed E-state index contributed by atoms with van der Waals surface area (Å²) in [6.45, 7) is 1.40. The summed E-state index contributed by atoms with van der Waals surface area (Å²) in [4.78, 5) is 15.3. The maximum Gasteiger partial charge on any atom is 0.253 e. The van der Waals surface area contributed by atoms with E-state index in [9.17, 15) is 22.4 Å². The lowest BCUT2D eigenvalue weighted by molar-refractivity contribution is -0.114. The van der Waals surface area contributed by atoms with Crippen LogP contribution in [0, 0.1) is 23.5 Å². The number of hydrogen-bond donors (Lipinski definition) is 1. The maximum atomic E-state index is 13.7. The largest absolute Gasteiger partial charge is 0.360 e. The first kappa shape index (κ1) is 17.7. The van der Waals surface area contributed by atoms with Gasteiger partial charge in [-0.3, -0.25) is 4.79 Å². The zero-order chi connectivity index (χ0) is 17.9. The number of nitrogens with zero attached hydrogens (tertiary/aromatic N) is 2. The van der Waals surface area contributed by atoms with Crippen molar-refractivity contribution in [3.8, 4) is 0 Å². The van der Waals surface area contributed by atoms with Gasteiger partial charge in [-0.15, -0.1) is 0 Å². The van der Waals surface area contributed by atoms with Crippen LogP contribution in [0.2, 0.25) is 0 Å². The number of carbonyl (C=O) groups excluding carboxylic acids is 1. The molecule has 0 bridgehead atoms. The Kier molecular flexibility index (Phi) is 5.38. The molecule has 0 aliphatic rings. The molecular formula is C16H15F4N3O. The molecule has 0 atom stereocenters. The fraction of sp³-hybridized carbons (Fsp3) is 0.250. The summed E-state index contributed by atoms with van der Waals surface area (Å²) in [6.07, 6.45) is 0.677. The Bertz CT molecular complexity index is 741. The van der Waals surface area contributed by atoms with Gasteiger partial charge in [0.25, 0.3) is 11.9 Å². The highest BCUT2D eigenvalue weighted by molar-refractivity contribution is 5.94. The molecule has 2 aromatic rings. The smallest absolute Gasteiger partial charge is 0.253 e.